The van der Waals surface area contributed by atoms with Gasteiger partial charge in [0.1, 0.15) is 23.7 Å². The predicted octanol–water partition coefficient (Wildman–Crippen LogP) is 4.83. The number of amides is 1. The Kier molecular flexibility index (Phi) is 8.22. The average molecular weight is 484 g/mol. The van der Waals surface area contributed by atoms with Crippen LogP contribution in [0.15, 0.2) is 67.1 Å². The van der Waals surface area contributed by atoms with Gasteiger partial charge in [-0.05, 0) is 42.7 Å². The Bertz CT molecular complexity index is 1310. The van der Waals surface area contributed by atoms with Crippen molar-refractivity contribution in [2.45, 2.75) is 40.2 Å². The molecule has 0 aliphatic carbocycles. The van der Waals surface area contributed by atoms with Gasteiger partial charge in [-0.3, -0.25) is 10.2 Å². The molecule has 0 saturated heterocycles. The van der Waals surface area contributed by atoms with Crippen LogP contribution in [0.25, 0.3) is 11.8 Å². The van der Waals surface area contributed by atoms with E-state index in [0.717, 1.165) is 34.6 Å². The van der Waals surface area contributed by atoms with Crippen molar-refractivity contribution in [3.05, 3.63) is 89.4 Å². The van der Waals surface area contributed by atoms with Gasteiger partial charge in [-0.25, -0.2) is 9.97 Å². The molecule has 8 heteroatoms. The molecule has 0 spiro atoms. The third-order valence-corrected chi connectivity index (χ3v) is 5.87. The van der Waals surface area contributed by atoms with Gasteiger partial charge < -0.3 is 21.7 Å². The highest BCUT2D eigenvalue weighted by molar-refractivity contribution is 6.45. The Morgan fingerprint density at radius 2 is 1.83 bits per heavy atom. The quantitative estimate of drug-likeness (QED) is 0.356. The molecule has 0 bridgehead atoms. The zero-order chi connectivity index (χ0) is 26.4. The normalized spacial score (nSPS) is 13.1. The fraction of sp³-hybridized carbons (Fsp3) is 0.214. The second-order valence-corrected chi connectivity index (χ2v) is 8.01. The molecule has 1 amide bonds. The number of nitrogen functional groups attached to an aromatic ring is 1. The van der Waals surface area contributed by atoms with Crippen LogP contribution in [0.2, 0.25) is 0 Å². The van der Waals surface area contributed by atoms with Gasteiger partial charge in [0.2, 0.25) is 0 Å². The van der Waals surface area contributed by atoms with Crippen molar-refractivity contribution < 1.29 is 4.79 Å². The molecule has 2 heterocycles. The molecule has 0 unspecified atom stereocenters. The van der Waals surface area contributed by atoms with Gasteiger partial charge in [0, 0.05) is 22.6 Å². The van der Waals surface area contributed by atoms with Crippen LogP contribution in [0.4, 0.5) is 17.3 Å². The van der Waals surface area contributed by atoms with E-state index in [-0.39, 0.29) is 23.2 Å². The maximum Gasteiger partial charge on any atom is 0.267 e. The van der Waals surface area contributed by atoms with Crippen LogP contribution in [0, 0.1) is 5.41 Å². The number of rotatable bonds is 7. The van der Waals surface area contributed by atoms with Crippen molar-refractivity contribution in [2.24, 2.45) is 5.73 Å². The van der Waals surface area contributed by atoms with E-state index in [1.165, 1.54) is 11.9 Å². The average Bonchev–Trinajstić information content (AvgIpc) is 2.89. The molecule has 0 saturated carbocycles. The lowest BCUT2D eigenvalue weighted by molar-refractivity contribution is -0.112. The lowest BCUT2D eigenvalue weighted by Gasteiger charge is -2.37. The monoisotopic (exact) mass is 483 g/mol. The summed E-state index contributed by atoms with van der Waals surface area (Å²) in [5.41, 5.74) is 17.1. The maximum absolute atomic E-state index is 11.7. The fourth-order valence-corrected chi connectivity index (χ4v) is 4.24. The summed E-state index contributed by atoms with van der Waals surface area (Å²) < 4.78 is 0. The second-order valence-electron chi connectivity index (χ2n) is 8.01. The number of benzene rings is 2. The number of nitrogens with zero attached hydrogens (tertiary/aromatic N) is 3. The SMILES string of the molecule is C=C1c2c(cccc2CC)C=C([C@H](C)Nc2ncnc(N)c2C(=N)C(N)=O)N1c1ccccc1.CC. The van der Waals surface area contributed by atoms with Crippen molar-refractivity contribution in [2.75, 3.05) is 16.0 Å². The third kappa shape index (κ3) is 4.98. The topological polar surface area (TPSA) is 134 Å². The summed E-state index contributed by atoms with van der Waals surface area (Å²) in [7, 11) is 0. The number of hydrogen-bond donors (Lipinski definition) is 4. The van der Waals surface area contributed by atoms with Gasteiger partial charge in [0.05, 0.1) is 11.6 Å². The number of nitrogens with two attached hydrogens (primary N) is 2. The largest absolute Gasteiger partial charge is 0.383 e. The Balaban J connectivity index is 0.00000176. The molecule has 0 fully saturated rings. The van der Waals surface area contributed by atoms with E-state index in [9.17, 15) is 4.79 Å². The molecular weight excluding hydrogens is 450 g/mol. The smallest absolute Gasteiger partial charge is 0.267 e. The summed E-state index contributed by atoms with van der Waals surface area (Å²) in [4.78, 5) is 22.0. The predicted molar refractivity (Wildman–Crippen MR) is 149 cm³/mol. The van der Waals surface area contributed by atoms with Crippen molar-refractivity contribution in [3.8, 4) is 0 Å². The number of anilines is 3. The van der Waals surface area contributed by atoms with Gasteiger partial charge in [0.25, 0.3) is 5.91 Å². The van der Waals surface area contributed by atoms with Gasteiger partial charge in [-0.15, -0.1) is 0 Å². The van der Waals surface area contributed by atoms with Crippen molar-refractivity contribution in [1.82, 2.24) is 9.97 Å². The Labute approximate surface area is 212 Å². The zero-order valence-electron chi connectivity index (χ0n) is 21.2. The number of primary amides is 1. The molecule has 2 aromatic carbocycles. The van der Waals surface area contributed by atoms with Crippen molar-refractivity contribution >= 4 is 40.7 Å². The van der Waals surface area contributed by atoms with Crippen LogP contribution in [0.5, 0.6) is 0 Å². The Morgan fingerprint density at radius 3 is 2.47 bits per heavy atom. The summed E-state index contributed by atoms with van der Waals surface area (Å²) in [6, 6.07) is 15.9. The number of hydrogen-bond acceptors (Lipinski definition) is 7. The van der Waals surface area contributed by atoms with Gasteiger partial charge >= 0.3 is 0 Å². The van der Waals surface area contributed by atoms with Crippen molar-refractivity contribution in [3.63, 3.8) is 0 Å². The van der Waals surface area contributed by atoms with Crippen LogP contribution in [-0.2, 0) is 11.2 Å². The molecule has 3 aromatic rings. The number of carbonyl (C=O) groups excluding carboxylic acids is 1. The Morgan fingerprint density at radius 1 is 1.14 bits per heavy atom. The fourth-order valence-electron chi connectivity index (χ4n) is 4.24. The third-order valence-electron chi connectivity index (χ3n) is 5.87. The van der Waals surface area contributed by atoms with E-state index in [4.69, 9.17) is 16.9 Å². The molecule has 1 aliphatic heterocycles. The number of aryl methyl sites for hydroxylation is 1. The van der Waals surface area contributed by atoms with Crippen LogP contribution in [0.3, 0.4) is 0 Å². The van der Waals surface area contributed by atoms with Crippen LogP contribution in [-0.4, -0.2) is 27.6 Å². The highest BCUT2D eigenvalue weighted by atomic mass is 16.1. The number of aromatic nitrogens is 2. The summed E-state index contributed by atoms with van der Waals surface area (Å²) in [6.07, 6.45) is 4.30. The van der Waals surface area contributed by atoms with Crippen molar-refractivity contribution in [1.29, 1.82) is 5.41 Å². The van der Waals surface area contributed by atoms with Crippen LogP contribution in [0.1, 0.15) is 49.9 Å². The molecule has 6 N–H and O–H groups in total. The Hall–Kier alpha value is -4.46. The minimum Gasteiger partial charge on any atom is -0.383 e. The van der Waals surface area contributed by atoms with E-state index < -0.39 is 11.6 Å². The van der Waals surface area contributed by atoms with E-state index in [1.54, 1.807) is 0 Å². The van der Waals surface area contributed by atoms with Crippen LogP contribution < -0.4 is 21.7 Å². The molecule has 1 aromatic heterocycles. The van der Waals surface area contributed by atoms with Crippen LogP contribution >= 0.6 is 0 Å². The van der Waals surface area contributed by atoms with E-state index in [0.29, 0.717) is 0 Å². The first-order valence-electron chi connectivity index (χ1n) is 12.0. The molecule has 186 valence electrons. The summed E-state index contributed by atoms with van der Waals surface area (Å²) in [5, 5.41) is 11.4. The molecule has 0 radical (unpaired) electrons. The molecule has 36 heavy (non-hydrogen) atoms. The van der Waals surface area contributed by atoms with E-state index in [1.807, 2.05) is 57.2 Å². The summed E-state index contributed by atoms with van der Waals surface area (Å²) >= 11 is 0. The second kappa shape index (κ2) is 11.3. The number of nitrogens with one attached hydrogen (secondary N) is 2. The maximum atomic E-state index is 11.7. The molecule has 1 atom stereocenters. The van der Waals surface area contributed by atoms with E-state index >= 15 is 0 Å². The number of fused-ring (bicyclic) bond motifs is 1. The first-order chi connectivity index (χ1) is 17.3. The lowest BCUT2D eigenvalue weighted by atomic mass is 9.90. The standard InChI is InChI=1S/C26H27N7O.C2H6/c1-4-17-9-8-10-18-13-20(33(16(3)21(17)18)19-11-6-5-7-12-19)15(2)32-26-22(23(27)25(29)34)24(28)30-14-31-26;1-2/h5-15,27H,3-4H2,1-2H3,(H2,29,34)(H3,28,30,31,32);1-2H3/t15-;/m0./s1. The first kappa shape index (κ1) is 26.2. The number of carbonyl (C=O) groups is 1. The molecular formula is C28H33N7O. The number of para-hydroxylation sites is 1. The molecule has 1 aliphatic rings. The highest BCUT2D eigenvalue weighted by Gasteiger charge is 2.29. The first-order valence-corrected chi connectivity index (χ1v) is 12.0. The summed E-state index contributed by atoms with van der Waals surface area (Å²) in [6.45, 7) is 12.6. The van der Waals surface area contributed by atoms with Gasteiger partial charge in [0.15, 0.2) is 0 Å². The van der Waals surface area contributed by atoms with E-state index in [2.05, 4.69) is 51.9 Å². The summed E-state index contributed by atoms with van der Waals surface area (Å²) in [5.74, 6) is -0.640. The minimum absolute atomic E-state index is 0.00776. The van der Waals surface area contributed by atoms with Gasteiger partial charge in [-0.2, -0.15) is 0 Å². The molecule has 4 rings (SSSR count). The molecule has 8 nitrogen and oxygen atoms in total. The minimum atomic E-state index is -0.908. The van der Waals surface area contributed by atoms with Gasteiger partial charge in [-0.1, -0.05) is 63.7 Å². The highest BCUT2D eigenvalue weighted by Crippen LogP contribution is 2.40. The zero-order valence-corrected chi connectivity index (χ0v) is 21.2. The lowest BCUT2D eigenvalue weighted by Crippen LogP contribution is -2.35.